The molecule has 3 N–H and O–H groups in total. The number of amides is 2. The van der Waals surface area contributed by atoms with Gasteiger partial charge in [0.25, 0.3) is 5.91 Å². The molecule has 2 aromatic rings. The quantitative estimate of drug-likeness (QED) is 0.592. The number of aromatic nitrogens is 3. The average Bonchev–Trinajstić information content (AvgIpc) is 3.16. The van der Waals surface area contributed by atoms with Crippen LogP contribution in [0, 0.1) is 5.92 Å². The Morgan fingerprint density at radius 1 is 1.14 bits per heavy atom. The SMILES string of the molecule is O=C(CSc1n[nH]c(CC2CCCC2)n1)Nc1ccccc1C(=O)NC1CC1. The first-order chi connectivity index (χ1) is 13.7. The van der Waals surface area contributed by atoms with Crippen molar-refractivity contribution in [2.24, 2.45) is 5.92 Å². The Labute approximate surface area is 168 Å². The molecule has 0 spiro atoms. The molecule has 2 aliphatic carbocycles. The lowest BCUT2D eigenvalue weighted by atomic mass is 10.0. The maximum atomic E-state index is 12.4. The molecule has 2 fully saturated rings. The maximum absolute atomic E-state index is 12.4. The van der Waals surface area contributed by atoms with Gasteiger partial charge in [0.1, 0.15) is 5.82 Å². The van der Waals surface area contributed by atoms with Gasteiger partial charge in [-0.25, -0.2) is 4.98 Å². The molecule has 1 aromatic heterocycles. The molecule has 28 heavy (non-hydrogen) atoms. The van der Waals surface area contributed by atoms with Crippen molar-refractivity contribution < 1.29 is 9.59 Å². The lowest BCUT2D eigenvalue weighted by molar-refractivity contribution is -0.113. The zero-order valence-corrected chi connectivity index (χ0v) is 16.6. The van der Waals surface area contributed by atoms with Crippen molar-refractivity contribution in [3.63, 3.8) is 0 Å². The van der Waals surface area contributed by atoms with Crippen LogP contribution in [0.4, 0.5) is 5.69 Å². The molecule has 2 saturated carbocycles. The minimum absolute atomic E-state index is 0.142. The smallest absolute Gasteiger partial charge is 0.253 e. The monoisotopic (exact) mass is 399 g/mol. The molecule has 148 valence electrons. The number of nitrogens with one attached hydrogen (secondary N) is 3. The standard InChI is InChI=1S/C20H25N5O2S/c26-18(12-28-20-23-17(24-25-20)11-13-5-1-2-6-13)22-16-8-4-3-7-15(16)19(27)21-14-9-10-14/h3-4,7-8,13-14H,1-2,5-6,9-12H2,(H,21,27)(H,22,26)(H,23,24,25). The molecular formula is C20H25N5O2S. The molecule has 0 radical (unpaired) electrons. The molecule has 0 atom stereocenters. The zero-order chi connectivity index (χ0) is 19.3. The van der Waals surface area contributed by atoms with Crippen LogP contribution in [0.1, 0.15) is 54.7 Å². The molecule has 2 amide bonds. The molecule has 8 heteroatoms. The van der Waals surface area contributed by atoms with E-state index < -0.39 is 0 Å². The molecule has 0 unspecified atom stereocenters. The van der Waals surface area contributed by atoms with Crippen LogP contribution in [0.25, 0.3) is 0 Å². The Morgan fingerprint density at radius 2 is 1.93 bits per heavy atom. The number of thioether (sulfide) groups is 1. The summed E-state index contributed by atoms with van der Waals surface area (Å²) in [5.41, 5.74) is 1.02. The highest BCUT2D eigenvalue weighted by atomic mass is 32.2. The van der Waals surface area contributed by atoms with Crippen molar-refractivity contribution in [1.82, 2.24) is 20.5 Å². The number of nitrogens with zero attached hydrogens (tertiary/aromatic N) is 2. The van der Waals surface area contributed by atoms with E-state index in [0.29, 0.717) is 22.3 Å². The van der Waals surface area contributed by atoms with E-state index in [9.17, 15) is 9.59 Å². The van der Waals surface area contributed by atoms with Crippen LogP contribution in [0.3, 0.4) is 0 Å². The predicted octanol–water partition coefficient (Wildman–Crippen LogP) is 3.16. The van der Waals surface area contributed by atoms with Crippen LogP contribution < -0.4 is 10.6 Å². The van der Waals surface area contributed by atoms with Crippen LogP contribution in [-0.4, -0.2) is 38.8 Å². The Kier molecular flexibility index (Phi) is 5.95. The highest BCUT2D eigenvalue weighted by molar-refractivity contribution is 7.99. The van der Waals surface area contributed by atoms with Crippen molar-refractivity contribution in [1.29, 1.82) is 0 Å². The normalized spacial score (nSPS) is 16.9. The van der Waals surface area contributed by atoms with E-state index in [0.717, 1.165) is 25.1 Å². The van der Waals surface area contributed by atoms with Crippen molar-refractivity contribution in [2.45, 2.75) is 56.1 Å². The summed E-state index contributed by atoms with van der Waals surface area (Å²) < 4.78 is 0. The van der Waals surface area contributed by atoms with Gasteiger partial charge >= 0.3 is 0 Å². The van der Waals surface area contributed by atoms with Crippen molar-refractivity contribution in [2.75, 3.05) is 11.1 Å². The second kappa shape index (κ2) is 8.77. The molecule has 0 bridgehead atoms. The third-order valence-corrected chi connectivity index (χ3v) is 6.01. The van der Waals surface area contributed by atoms with Gasteiger partial charge in [0.05, 0.1) is 17.0 Å². The molecule has 7 nitrogen and oxygen atoms in total. The lowest BCUT2D eigenvalue weighted by Crippen LogP contribution is -2.27. The fourth-order valence-electron chi connectivity index (χ4n) is 3.52. The van der Waals surface area contributed by atoms with Gasteiger partial charge in [0, 0.05) is 12.5 Å². The number of para-hydroxylation sites is 1. The minimum Gasteiger partial charge on any atom is -0.349 e. The number of carbonyl (C=O) groups excluding carboxylic acids is 2. The molecule has 0 aliphatic heterocycles. The fourth-order valence-corrected chi connectivity index (χ4v) is 4.14. The predicted molar refractivity (Wildman–Crippen MR) is 108 cm³/mol. The number of H-pyrrole nitrogens is 1. The highest BCUT2D eigenvalue weighted by Gasteiger charge is 2.25. The first-order valence-corrected chi connectivity index (χ1v) is 10.9. The number of hydrogen-bond acceptors (Lipinski definition) is 5. The molecule has 1 aromatic carbocycles. The Bertz CT molecular complexity index is 843. The fraction of sp³-hybridized carbons (Fsp3) is 0.500. The minimum atomic E-state index is -0.182. The number of anilines is 1. The van der Waals surface area contributed by atoms with Crippen molar-refractivity contribution >= 4 is 29.3 Å². The van der Waals surface area contributed by atoms with E-state index in [1.54, 1.807) is 24.3 Å². The summed E-state index contributed by atoms with van der Waals surface area (Å²) in [6, 6.07) is 7.35. The van der Waals surface area contributed by atoms with Gasteiger partial charge in [-0.05, 0) is 30.9 Å². The van der Waals surface area contributed by atoms with E-state index in [-0.39, 0.29) is 23.6 Å². The van der Waals surface area contributed by atoms with Gasteiger partial charge < -0.3 is 10.6 Å². The molecule has 4 rings (SSSR count). The molecule has 2 aliphatic rings. The number of aromatic amines is 1. The van der Waals surface area contributed by atoms with Gasteiger partial charge in [-0.2, -0.15) is 0 Å². The Hall–Kier alpha value is -2.35. The number of rotatable bonds is 8. The Balaban J connectivity index is 1.29. The largest absolute Gasteiger partial charge is 0.349 e. The summed E-state index contributed by atoms with van der Waals surface area (Å²) in [6.45, 7) is 0. The average molecular weight is 400 g/mol. The van der Waals surface area contributed by atoms with Gasteiger partial charge in [-0.3, -0.25) is 14.7 Å². The van der Waals surface area contributed by atoms with Gasteiger partial charge in [-0.1, -0.05) is 49.6 Å². The first kappa shape index (κ1) is 19.0. The van der Waals surface area contributed by atoms with E-state index in [2.05, 4.69) is 25.8 Å². The third kappa shape index (κ3) is 5.13. The molecule has 1 heterocycles. The van der Waals surface area contributed by atoms with Crippen LogP contribution in [0.2, 0.25) is 0 Å². The van der Waals surface area contributed by atoms with Crippen molar-refractivity contribution in [3.8, 4) is 0 Å². The summed E-state index contributed by atoms with van der Waals surface area (Å²) in [5, 5.41) is 13.6. The number of hydrogen-bond donors (Lipinski definition) is 3. The van der Waals surface area contributed by atoms with Crippen LogP contribution in [0.5, 0.6) is 0 Å². The van der Waals surface area contributed by atoms with E-state index in [1.165, 1.54) is 37.4 Å². The molecular weight excluding hydrogens is 374 g/mol. The van der Waals surface area contributed by atoms with E-state index in [4.69, 9.17) is 0 Å². The summed E-state index contributed by atoms with van der Waals surface area (Å²) in [5.74, 6) is 1.47. The Morgan fingerprint density at radius 3 is 2.71 bits per heavy atom. The topological polar surface area (TPSA) is 99.8 Å². The van der Waals surface area contributed by atoms with Crippen molar-refractivity contribution in [3.05, 3.63) is 35.7 Å². The highest BCUT2D eigenvalue weighted by Crippen LogP contribution is 2.27. The van der Waals surface area contributed by atoms with E-state index >= 15 is 0 Å². The van der Waals surface area contributed by atoms with Gasteiger partial charge in [-0.15, -0.1) is 5.10 Å². The summed E-state index contributed by atoms with van der Waals surface area (Å²) in [7, 11) is 0. The first-order valence-electron chi connectivity index (χ1n) is 9.91. The summed E-state index contributed by atoms with van der Waals surface area (Å²) >= 11 is 1.30. The lowest BCUT2D eigenvalue weighted by Gasteiger charge is -2.10. The molecule has 0 saturated heterocycles. The second-order valence-electron chi connectivity index (χ2n) is 7.55. The van der Waals surface area contributed by atoms with Gasteiger partial charge in [0.2, 0.25) is 11.1 Å². The van der Waals surface area contributed by atoms with Crippen LogP contribution >= 0.6 is 11.8 Å². The second-order valence-corrected chi connectivity index (χ2v) is 8.49. The maximum Gasteiger partial charge on any atom is 0.253 e. The summed E-state index contributed by atoms with van der Waals surface area (Å²) in [4.78, 5) is 29.2. The van der Waals surface area contributed by atoms with Gasteiger partial charge in [0.15, 0.2) is 0 Å². The zero-order valence-electron chi connectivity index (χ0n) is 15.7. The third-order valence-electron chi connectivity index (χ3n) is 5.16. The number of carbonyl (C=O) groups is 2. The van der Waals surface area contributed by atoms with E-state index in [1.807, 2.05) is 0 Å². The van der Waals surface area contributed by atoms with Crippen LogP contribution in [0.15, 0.2) is 29.4 Å². The summed E-state index contributed by atoms with van der Waals surface area (Å²) in [6.07, 6.45) is 8.12. The number of benzene rings is 1. The van der Waals surface area contributed by atoms with Crippen LogP contribution in [-0.2, 0) is 11.2 Å².